The number of carbonyl (C=O) groups excluding carboxylic acids is 2. The molecule has 0 radical (unpaired) electrons. The maximum atomic E-state index is 11.1. The van der Waals surface area contributed by atoms with Gasteiger partial charge in [0.1, 0.15) is 11.5 Å². The lowest BCUT2D eigenvalue weighted by Crippen LogP contribution is -2.14. The zero-order valence-corrected chi connectivity index (χ0v) is 45.0. The summed E-state index contributed by atoms with van der Waals surface area (Å²) in [5.41, 5.74) is 9.01. The number of unbranched alkanes of at least 4 members (excludes halogenated alkanes) is 6. The molecule has 2 fully saturated rings. The molecule has 2 aliphatic carbocycles. The third-order valence-corrected chi connectivity index (χ3v) is 15.4. The molecule has 8 heteroatoms. The van der Waals surface area contributed by atoms with Crippen molar-refractivity contribution in [1.29, 1.82) is 0 Å². The molecule has 2 aliphatic rings. The highest BCUT2D eigenvalue weighted by Gasteiger charge is 2.24. The minimum absolute atomic E-state index is 0.355. The van der Waals surface area contributed by atoms with E-state index >= 15 is 0 Å². The van der Waals surface area contributed by atoms with Crippen LogP contribution in [0.3, 0.4) is 0 Å². The van der Waals surface area contributed by atoms with E-state index in [1.807, 2.05) is 0 Å². The molecule has 5 aromatic carbocycles. The van der Waals surface area contributed by atoms with Gasteiger partial charge in [0.05, 0.1) is 39.6 Å². The number of hydrogen-bond donors (Lipinski definition) is 0. The molecule has 0 heterocycles. The van der Waals surface area contributed by atoms with Crippen molar-refractivity contribution in [2.24, 2.45) is 11.8 Å². The molecule has 2 saturated carbocycles. The molecule has 0 atom stereocenters. The molecule has 0 N–H and O–H groups in total. The number of rotatable bonds is 32. The van der Waals surface area contributed by atoms with Crippen LogP contribution in [0.15, 0.2) is 141 Å². The Bertz CT molecular complexity index is 2440. The SMILES string of the molecule is C=CC(=O)OCCCCCCOc1ccc(-c2ccc(C3CCC(CCCOc4ccc(C)cc4OCCCC4CCC(c5ccc(-c6ccc(OCCCCCCOC(=O)C=C)cc6)cc5)CC4)CC3)cc2)cc1. The highest BCUT2D eigenvalue weighted by Crippen LogP contribution is 2.40. The van der Waals surface area contributed by atoms with Gasteiger partial charge in [0.25, 0.3) is 0 Å². The normalized spacial score (nSPS) is 17.3. The van der Waals surface area contributed by atoms with Crippen LogP contribution in [-0.4, -0.2) is 51.6 Å². The fourth-order valence-electron chi connectivity index (χ4n) is 10.9. The standard InChI is InChI=1S/C67H84O8/c1-4-66(68)74-46-12-8-6-10-44-70-62-39-35-60(36-40-62)58-31-27-56(28-32-58)54-23-19-52(20-24-54)16-14-48-72-64-43-18-51(3)50-65(64)73-49-15-17-53-21-25-55(26-22-53)57-29-33-59(34-30-57)61-37-41-63(42-38-61)71-45-11-7-9-13-47-75-67(69)5-2/h4-5,18,27-43,50,52-55H,1-2,6-17,19-26,44-49H2,3H3. The fourth-order valence-corrected chi connectivity index (χ4v) is 10.9. The Hall–Kier alpha value is -6.28. The second-order valence-electron chi connectivity index (χ2n) is 20.9. The van der Waals surface area contributed by atoms with E-state index in [0.29, 0.717) is 38.3 Å². The smallest absolute Gasteiger partial charge is 0.330 e. The Kier molecular flexibility index (Phi) is 23.8. The minimum Gasteiger partial charge on any atom is -0.494 e. The van der Waals surface area contributed by atoms with Crippen LogP contribution < -0.4 is 18.9 Å². The average molecular weight is 1020 g/mol. The summed E-state index contributed by atoms with van der Waals surface area (Å²) in [6.07, 6.45) is 24.9. The summed E-state index contributed by atoms with van der Waals surface area (Å²) >= 11 is 0. The van der Waals surface area contributed by atoms with Crippen molar-refractivity contribution in [2.75, 3.05) is 39.6 Å². The minimum atomic E-state index is -0.355. The van der Waals surface area contributed by atoms with Gasteiger partial charge in [-0.25, -0.2) is 9.59 Å². The first-order valence-corrected chi connectivity index (χ1v) is 28.4. The highest BCUT2D eigenvalue weighted by atomic mass is 16.5. The molecule has 0 spiro atoms. The van der Waals surface area contributed by atoms with Crippen LogP contribution in [0.5, 0.6) is 23.0 Å². The van der Waals surface area contributed by atoms with Gasteiger partial charge in [0, 0.05) is 12.2 Å². The van der Waals surface area contributed by atoms with Crippen LogP contribution in [-0.2, 0) is 19.1 Å². The van der Waals surface area contributed by atoms with Gasteiger partial charge in [-0.15, -0.1) is 0 Å². The van der Waals surface area contributed by atoms with Crippen LogP contribution >= 0.6 is 0 Å². The molecular weight excluding hydrogens is 933 g/mol. The Morgan fingerprint density at radius 3 is 1.17 bits per heavy atom. The van der Waals surface area contributed by atoms with Gasteiger partial charge in [-0.05, 0) is 234 Å². The molecule has 0 aliphatic heterocycles. The first-order chi connectivity index (χ1) is 36.8. The first-order valence-electron chi connectivity index (χ1n) is 28.4. The van der Waals surface area contributed by atoms with E-state index in [2.05, 4.69) is 135 Å². The van der Waals surface area contributed by atoms with Gasteiger partial charge in [0.15, 0.2) is 11.5 Å². The second kappa shape index (κ2) is 31.6. The van der Waals surface area contributed by atoms with E-state index in [4.69, 9.17) is 28.4 Å². The number of ether oxygens (including phenoxy) is 6. The summed E-state index contributed by atoms with van der Waals surface area (Å²) in [6.45, 7) is 12.7. The van der Waals surface area contributed by atoms with Gasteiger partial charge in [-0.2, -0.15) is 0 Å². The molecular formula is C67H84O8. The Labute approximate surface area is 449 Å². The van der Waals surface area contributed by atoms with Gasteiger partial charge >= 0.3 is 11.9 Å². The molecule has 75 heavy (non-hydrogen) atoms. The largest absolute Gasteiger partial charge is 0.494 e. The third-order valence-electron chi connectivity index (χ3n) is 15.4. The number of benzene rings is 5. The predicted molar refractivity (Wildman–Crippen MR) is 304 cm³/mol. The van der Waals surface area contributed by atoms with E-state index in [9.17, 15) is 9.59 Å². The topological polar surface area (TPSA) is 89.5 Å². The summed E-state index contributed by atoms with van der Waals surface area (Å²) < 4.78 is 34.8. The lowest BCUT2D eigenvalue weighted by molar-refractivity contribution is -0.138. The van der Waals surface area contributed by atoms with Gasteiger partial charge < -0.3 is 28.4 Å². The molecule has 0 saturated heterocycles. The summed E-state index contributed by atoms with van der Waals surface area (Å²) in [7, 11) is 0. The summed E-state index contributed by atoms with van der Waals surface area (Å²) in [6, 6.07) is 41.7. The number of esters is 2. The van der Waals surface area contributed by atoms with Crippen LogP contribution in [0.1, 0.15) is 157 Å². The molecule has 0 bridgehead atoms. The van der Waals surface area contributed by atoms with E-state index in [-0.39, 0.29) is 11.9 Å². The predicted octanol–water partition coefficient (Wildman–Crippen LogP) is 16.9. The zero-order valence-electron chi connectivity index (χ0n) is 45.0. The van der Waals surface area contributed by atoms with Crippen molar-refractivity contribution in [3.8, 4) is 45.3 Å². The van der Waals surface area contributed by atoms with E-state index in [1.54, 1.807) is 0 Å². The van der Waals surface area contributed by atoms with Crippen LogP contribution in [0.25, 0.3) is 22.3 Å². The number of hydrogen-bond acceptors (Lipinski definition) is 8. The van der Waals surface area contributed by atoms with Crippen molar-refractivity contribution in [2.45, 2.75) is 147 Å². The van der Waals surface area contributed by atoms with Crippen molar-refractivity contribution in [1.82, 2.24) is 0 Å². The molecule has 5 aromatic rings. The molecule has 400 valence electrons. The third kappa shape index (κ3) is 19.4. The van der Waals surface area contributed by atoms with Crippen LogP contribution in [0, 0.1) is 18.8 Å². The van der Waals surface area contributed by atoms with Gasteiger partial charge in [0.2, 0.25) is 0 Å². The summed E-state index contributed by atoms with van der Waals surface area (Å²) in [5.74, 6) is 5.65. The molecule has 0 amide bonds. The summed E-state index contributed by atoms with van der Waals surface area (Å²) in [4.78, 5) is 22.3. The lowest BCUT2D eigenvalue weighted by atomic mass is 9.77. The number of aryl methyl sites for hydroxylation is 1. The summed E-state index contributed by atoms with van der Waals surface area (Å²) in [5, 5.41) is 0. The Balaban J connectivity index is 0.722. The highest BCUT2D eigenvalue weighted by molar-refractivity contribution is 5.81. The average Bonchev–Trinajstić information content (AvgIpc) is 3.45. The molecule has 8 nitrogen and oxygen atoms in total. The maximum absolute atomic E-state index is 11.1. The molecule has 7 rings (SSSR count). The number of carbonyl (C=O) groups is 2. The van der Waals surface area contributed by atoms with Crippen LogP contribution in [0.4, 0.5) is 0 Å². The fraction of sp³-hybridized carbons (Fsp3) is 0.463. The Morgan fingerprint density at radius 2 is 0.773 bits per heavy atom. The first kappa shape index (κ1) is 56.4. The lowest BCUT2D eigenvalue weighted by Gasteiger charge is -2.29. The van der Waals surface area contributed by atoms with Crippen molar-refractivity contribution in [3.05, 3.63) is 157 Å². The Morgan fingerprint density at radius 1 is 0.413 bits per heavy atom. The molecule has 0 aromatic heterocycles. The van der Waals surface area contributed by atoms with Crippen molar-refractivity contribution in [3.63, 3.8) is 0 Å². The van der Waals surface area contributed by atoms with E-state index in [1.165, 1.54) is 115 Å². The second-order valence-corrected chi connectivity index (χ2v) is 20.9. The van der Waals surface area contributed by atoms with E-state index in [0.717, 1.165) is 112 Å². The monoisotopic (exact) mass is 1020 g/mol. The van der Waals surface area contributed by atoms with Gasteiger partial charge in [-0.1, -0.05) is 92.0 Å². The molecule has 0 unspecified atom stereocenters. The van der Waals surface area contributed by atoms with Crippen molar-refractivity contribution >= 4 is 11.9 Å². The zero-order chi connectivity index (χ0) is 52.3. The quantitative estimate of drug-likeness (QED) is 0.0239. The van der Waals surface area contributed by atoms with Gasteiger partial charge in [-0.3, -0.25) is 0 Å². The van der Waals surface area contributed by atoms with E-state index < -0.39 is 0 Å². The van der Waals surface area contributed by atoms with Crippen LogP contribution in [0.2, 0.25) is 0 Å². The maximum Gasteiger partial charge on any atom is 0.330 e. The van der Waals surface area contributed by atoms with Crippen molar-refractivity contribution < 1.29 is 38.0 Å².